The molecule has 11 nitrogen and oxygen atoms in total. The highest BCUT2D eigenvalue weighted by atomic mass is 32.2. The first-order chi connectivity index (χ1) is 14.1. The molecular weight excluding hydrogens is 456 g/mol. The Bertz CT molecular complexity index is 624. The smallest absolute Gasteiger partial charge is 0.327 e. The molecule has 4 atom stereocenters. The molecule has 4 unspecified atom stereocenters. The van der Waals surface area contributed by atoms with Gasteiger partial charge in [-0.05, 0) is 24.9 Å². The number of carboxylic acid groups (broad SMARTS) is 2. The molecule has 0 aromatic carbocycles. The maximum Gasteiger partial charge on any atom is 0.327 e. The number of aliphatic carboxylic acids is 2. The van der Waals surface area contributed by atoms with E-state index < -0.39 is 60.2 Å². The number of hydrogen-bond donors (Lipinski definition) is 8. The average Bonchev–Trinajstić information content (AvgIpc) is 2.70. The summed E-state index contributed by atoms with van der Waals surface area (Å²) in [5, 5.41) is 24.9. The van der Waals surface area contributed by atoms with Crippen molar-refractivity contribution in [3.05, 3.63) is 0 Å². The van der Waals surface area contributed by atoms with Gasteiger partial charge in [-0.15, -0.1) is 0 Å². The fourth-order valence-corrected chi connectivity index (χ4v) is 3.11. The minimum Gasteiger partial charge on any atom is -0.481 e. The minimum absolute atomic E-state index is 0.103. The molecule has 7 N–H and O–H groups in total. The molecule has 0 radical (unpaired) electrons. The SMILES string of the molecule is CSCCC(N)C(=O)NC(CS)C(=O)NC(CCC(=O)O)C(=O)NC(CS)C(=O)O. The van der Waals surface area contributed by atoms with E-state index in [1.807, 2.05) is 6.26 Å². The maximum atomic E-state index is 12.5. The Balaban J connectivity index is 5.17. The summed E-state index contributed by atoms with van der Waals surface area (Å²) in [6, 6.07) is -4.61. The van der Waals surface area contributed by atoms with Crippen LogP contribution >= 0.6 is 37.0 Å². The fraction of sp³-hybridized carbons (Fsp3) is 0.688. The van der Waals surface area contributed by atoms with Crippen LogP contribution in [0.5, 0.6) is 0 Å². The van der Waals surface area contributed by atoms with Crippen LogP contribution in [0.1, 0.15) is 19.3 Å². The van der Waals surface area contributed by atoms with E-state index in [0.717, 1.165) is 0 Å². The topological polar surface area (TPSA) is 188 Å². The Morgan fingerprint density at radius 2 is 1.37 bits per heavy atom. The summed E-state index contributed by atoms with van der Waals surface area (Å²) in [6.45, 7) is 0. The molecule has 0 spiro atoms. The highest BCUT2D eigenvalue weighted by Crippen LogP contribution is 2.03. The molecule has 0 saturated heterocycles. The zero-order valence-electron chi connectivity index (χ0n) is 16.4. The monoisotopic (exact) mass is 484 g/mol. The summed E-state index contributed by atoms with van der Waals surface area (Å²) in [4.78, 5) is 59.0. The van der Waals surface area contributed by atoms with Crippen LogP contribution in [0.2, 0.25) is 0 Å². The first-order valence-electron chi connectivity index (χ1n) is 8.89. The normalized spacial score (nSPS) is 14.7. The Labute approximate surface area is 189 Å². The van der Waals surface area contributed by atoms with Crippen molar-refractivity contribution >= 4 is 66.7 Å². The van der Waals surface area contributed by atoms with Crippen LogP contribution in [0.15, 0.2) is 0 Å². The van der Waals surface area contributed by atoms with E-state index in [0.29, 0.717) is 12.2 Å². The molecule has 0 aromatic rings. The van der Waals surface area contributed by atoms with Crippen LogP contribution in [0.3, 0.4) is 0 Å². The van der Waals surface area contributed by atoms with Gasteiger partial charge in [-0.25, -0.2) is 4.79 Å². The summed E-state index contributed by atoms with van der Waals surface area (Å²) in [5.74, 6) is -4.42. The summed E-state index contributed by atoms with van der Waals surface area (Å²) in [5.41, 5.74) is 5.76. The van der Waals surface area contributed by atoms with Crippen molar-refractivity contribution in [3.8, 4) is 0 Å². The molecule has 0 bridgehead atoms. The molecule has 0 rings (SSSR count). The number of nitrogens with one attached hydrogen (secondary N) is 3. The fourth-order valence-electron chi connectivity index (χ4n) is 2.12. The molecule has 0 aliphatic carbocycles. The molecule has 0 aromatic heterocycles. The van der Waals surface area contributed by atoms with Crippen molar-refractivity contribution in [3.63, 3.8) is 0 Å². The van der Waals surface area contributed by atoms with Gasteiger partial charge in [0.25, 0.3) is 0 Å². The summed E-state index contributed by atoms with van der Waals surface area (Å²) in [7, 11) is 0. The van der Waals surface area contributed by atoms with Crippen molar-refractivity contribution in [2.45, 2.75) is 43.4 Å². The maximum absolute atomic E-state index is 12.5. The van der Waals surface area contributed by atoms with Crippen LogP contribution in [0.25, 0.3) is 0 Å². The summed E-state index contributed by atoms with van der Waals surface area (Å²) < 4.78 is 0. The third-order valence-electron chi connectivity index (χ3n) is 3.86. The highest BCUT2D eigenvalue weighted by Gasteiger charge is 2.29. The predicted octanol–water partition coefficient (Wildman–Crippen LogP) is -1.67. The van der Waals surface area contributed by atoms with Gasteiger partial charge in [0.2, 0.25) is 17.7 Å². The van der Waals surface area contributed by atoms with E-state index in [2.05, 4.69) is 41.2 Å². The van der Waals surface area contributed by atoms with E-state index in [4.69, 9.17) is 15.9 Å². The lowest BCUT2D eigenvalue weighted by molar-refractivity contribution is -0.142. The number of nitrogens with two attached hydrogens (primary N) is 1. The lowest BCUT2D eigenvalue weighted by Crippen LogP contribution is -2.57. The molecular formula is C16H28N4O7S3. The van der Waals surface area contributed by atoms with Crippen molar-refractivity contribution in [2.24, 2.45) is 5.73 Å². The Hall–Kier alpha value is -1.64. The number of thiol groups is 2. The van der Waals surface area contributed by atoms with Gasteiger partial charge in [-0.3, -0.25) is 19.2 Å². The number of carboxylic acids is 2. The largest absolute Gasteiger partial charge is 0.481 e. The molecule has 0 saturated carbocycles. The Morgan fingerprint density at radius 3 is 1.83 bits per heavy atom. The molecule has 14 heteroatoms. The second-order valence-corrected chi connectivity index (χ2v) is 7.92. The van der Waals surface area contributed by atoms with Gasteiger partial charge in [0.1, 0.15) is 18.1 Å². The van der Waals surface area contributed by atoms with Crippen LogP contribution in [0.4, 0.5) is 0 Å². The molecule has 30 heavy (non-hydrogen) atoms. The molecule has 0 aliphatic rings. The number of thioether (sulfide) groups is 1. The summed E-state index contributed by atoms with van der Waals surface area (Å²) >= 11 is 9.37. The second-order valence-electron chi connectivity index (χ2n) is 6.21. The van der Waals surface area contributed by atoms with Crippen molar-refractivity contribution in [2.75, 3.05) is 23.5 Å². The van der Waals surface area contributed by atoms with Crippen LogP contribution < -0.4 is 21.7 Å². The Kier molecular flexibility index (Phi) is 14.4. The van der Waals surface area contributed by atoms with Crippen LogP contribution in [-0.4, -0.2) is 87.6 Å². The first-order valence-corrected chi connectivity index (χ1v) is 11.5. The van der Waals surface area contributed by atoms with Gasteiger partial charge in [-0.2, -0.15) is 37.0 Å². The quantitative estimate of drug-likeness (QED) is 0.126. The van der Waals surface area contributed by atoms with E-state index in [1.54, 1.807) is 0 Å². The summed E-state index contributed by atoms with van der Waals surface area (Å²) in [6.07, 6.45) is 1.53. The van der Waals surface area contributed by atoms with E-state index in [1.165, 1.54) is 11.8 Å². The third kappa shape index (κ3) is 10.9. The molecule has 0 heterocycles. The van der Waals surface area contributed by atoms with E-state index in [9.17, 15) is 24.0 Å². The molecule has 3 amide bonds. The van der Waals surface area contributed by atoms with E-state index >= 15 is 0 Å². The van der Waals surface area contributed by atoms with Crippen LogP contribution in [0, 0.1) is 0 Å². The van der Waals surface area contributed by atoms with Gasteiger partial charge in [0.15, 0.2) is 0 Å². The molecule has 0 fully saturated rings. The highest BCUT2D eigenvalue weighted by molar-refractivity contribution is 7.98. The standard InChI is InChI=1S/C16H28N4O7S3/c1-30-5-4-8(17)13(23)19-10(6-28)15(25)18-9(2-3-12(21)22)14(24)20-11(7-29)16(26)27/h8-11,28-29H,2-7,17H2,1H3,(H,18,25)(H,19,23)(H,20,24)(H,21,22)(H,26,27). The minimum atomic E-state index is -1.33. The van der Waals surface area contributed by atoms with Crippen molar-refractivity contribution in [1.82, 2.24) is 16.0 Å². The zero-order valence-corrected chi connectivity index (χ0v) is 19.0. The first kappa shape index (κ1) is 28.4. The predicted molar refractivity (Wildman–Crippen MR) is 119 cm³/mol. The zero-order chi connectivity index (χ0) is 23.3. The molecule has 172 valence electrons. The van der Waals surface area contributed by atoms with E-state index in [-0.39, 0.29) is 17.9 Å². The van der Waals surface area contributed by atoms with Gasteiger partial charge in [0.05, 0.1) is 6.04 Å². The second kappa shape index (κ2) is 15.2. The lowest BCUT2D eigenvalue weighted by atomic mass is 10.1. The molecule has 0 aliphatic heterocycles. The van der Waals surface area contributed by atoms with Gasteiger partial charge in [0, 0.05) is 17.9 Å². The number of amides is 3. The lowest BCUT2D eigenvalue weighted by Gasteiger charge is -2.24. The number of carbonyl (C=O) groups is 5. The van der Waals surface area contributed by atoms with Crippen molar-refractivity contribution in [1.29, 1.82) is 0 Å². The number of carbonyl (C=O) groups excluding carboxylic acids is 3. The van der Waals surface area contributed by atoms with Gasteiger partial charge < -0.3 is 31.9 Å². The number of rotatable bonds is 15. The van der Waals surface area contributed by atoms with Crippen molar-refractivity contribution < 1.29 is 34.2 Å². The Morgan fingerprint density at radius 1 is 0.867 bits per heavy atom. The van der Waals surface area contributed by atoms with Gasteiger partial charge >= 0.3 is 11.9 Å². The van der Waals surface area contributed by atoms with Gasteiger partial charge in [-0.1, -0.05) is 0 Å². The third-order valence-corrected chi connectivity index (χ3v) is 5.24. The number of hydrogen-bond acceptors (Lipinski definition) is 9. The van der Waals surface area contributed by atoms with Crippen LogP contribution in [-0.2, 0) is 24.0 Å². The average molecular weight is 485 g/mol.